The van der Waals surface area contributed by atoms with Crippen LogP contribution in [0.3, 0.4) is 0 Å². The zero-order valence-electron chi connectivity index (χ0n) is 10.6. The van der Waals surface area contributed by atoms with Crippen LogP contribution in [0.25, 0.3) is 0 Å². The molecule has 0 saturated heterocycles. The predicted octanol–water partition coefficient (Wildman–Crippen LogP) is 1.38. The van der Waals surface area contributed by atoms with Gasteiger partial charge in [0.25, 0.3) is 5.56 Å². The van der Waals surface area contributed by atoms with Crippen molar-refractivity contribution in [3.63, 3.8) is 0 Å². The number of anilines is 2. The molecule has 1 amide bonds. The molecule has 1 aromatic carbocycles. The number of nitrogens with zero attached hydrogens (tertiary/aromatic N) is 1. The third kappa shape index (κ3) is 3.22. The molecule has 0 aliphatic rings. The molecule has 3 N–H and O–H groups in total. The van der Waals surface area contributed by atoms with Gasteiger partial charge in [-0.1, -0.05) is 6.07 Å². The van der Waals surface area contributed by atoms with Crippen molar-refractivity contribution in [2.45, 2.75) is 13.5 Å². The van der Waals surface area contributed by atoms with Crippen molar-refractivity contribution in [1.82, 2.24) is 4.57 Å². The first-order chi connectivity index (χ1) is 9.06. The highest BCUT2D eigenvalue weighted by Crippen LogP contribution is 2.10. The summed E-state index contributed by atoms with van der Waals surface area (Å²) in [4.78, 5) is 23.5. The number of hydrogen-bond acceptors (Lipinski definition) is 3. The summed E-state index contributed by atoms with van der Waals surface area (Å²) < 4.78 is 1.42. The minimum absolute atomic E-state index is 0.00408. The number of aromatic nitrogens is 1. The second-order valence-electron chi connectivity index (χ2n) is 4.26. The molecular formula is C14H15N3O2. The summed E-state index contributed by atoms with van der Waals surface area (Å²) >= 11 is 0. The predicted molar refractivity (Wildman–Crippen MR) is 74.9 cm³/mol. The van der Waals surface area contributed by atoms with Gasteiger partial charge >= 0.3 is 0 Å². The molecule has 2 aromatic rings. The van der Waals surface area contributed by atoms with Crippen LogP contribution in [-0.4, -0.2) is 10.5 Å². The van der Waals surface area contributed by atoms with Crippen molar-refractivity contribution in [1.29, 1.82) is 0 Å². The molecule has 0 unspecified atom stereocenters. The van der Waals surface area contributed by atoms with Crippen molar-refractivity contribution >= 4 is 17.3 Å². The van der Waals surface area contributed by atoms with Gasteiger partial charge in [-0.25, -0.2) is 0 Å². The molecule has 1 heterocycles. The maximum absolute atomic E-state index is 11.9. The van der Waals surface area contributed by atoms with Crippen LogP contribution in [0, 0.1) is 6.92 Å². The number of carbonyl (C=O) groups excluding carboxylic acids is 1. The van der Waals surface area contributed by atoms with E-state index >= 15 is 0 Å². The van der Waals surface area contributed by atoms with Gasteiger partial charge < -0.3 is 15.6 Å². The molecule has 2 rings (SSSR count). The van der Waals surface area contributed by atoms with Gasteiger partial charge in [0.05, 0.1) is 0 Å². The molecule has 0 aliphatic heterocycles. The molecule has 5 nitrogen and oxygen atoms in total. The minimum Gasteiger partial charge on any atom is -0.399 e. The standard InChI is InChI=1S/C14H15N3O2/c1-10-3-2-4-14(19)17(10)9-13(18)16-12-7-5-11(15)6-8-12/h2-8H,9,15H2,1H3,(H,16,18). The normalized spacial score (nSPS) is 10.2. The lowest BCUT2D eigenvalue weighted by molar-refractivity contribution is -0.116. The van der Waals surface area contributed by atoms with E-state index in [1.165, 1.54) is 10.6 Å². The lowest BCUT2D eigenvalue weighted by Crippen LogP contribution is -2.28. The SMILES string of the molecule is Cc1cccc(=O)n1CC(=O)Nc1ccc(N)cc1. The molecule has 0 atom stereocenters. The fourth-order valence-electron chi connectivity index (χ4n) is 1.74. The van der Waals surface area contributed by atoms with Crippen LogP contribution in [0.2, 0.25) is 0 Å². The maximum atomic E-state index is 11.9. The average molecular weight is 257 g/mol. The number of pyridine rings is 1. The van der Waals surface area contributed by atoms with Crippen LogP contribution in [0.4, 0.5) is 11.4 Å². The maximum Gasteiger partial charge on any atom is 0.251 e. The van der Waals surface area contributed by atoms with Crippen LogP contribution in [0.5, 0.6) is 0 Å². The Balaban J connectivity index is 2.10. The summed E-state index contributed by atoms with van der Waals surface area (Å²) in [5.74, 6) is -0.249. The van der Waals surface area contributed by atoms with Gasteiger partial charge in [-0.3, -0.25) is 9.59 Å². The summed E-state index contributed by atoms with van der Waals surface area (Å²) in [5.41, 5.74) is 7.41. The van der Waals surface area contributed by atoms with Gasteiger partial charge in [-0.05, 0) is 37.3 Å². The quantitative estimate of drug-likeness (QED) is 0.815. The van der Waals surface area contributed by atoms with Crippen LogP contribution in [0.15, 0.2) is 47.3 Å². The van der Waals surface area contributed by atoms with E-state index in [2.05, 4.69) is 5.32 Å². The van der Waals surface area contributed by atoms with Gasteiger partial charge in [0.1, 0.15) is 6.54 Å². The number of rotatable bonds is 3. The Hall–Kier alpha value is -2.56. The van der Waals surface area contributed by atoms with E-state index in [1.807, 2.05) is 0 Å². The van der Waals surface area contributed by atoms with Crippen molar-refractivity contribution in [2.24, 2.45) is 0 Å². The number of amides is 1. The van der Waals surface area contributed by atoms with Gasteiger partial charge in [0.2, 0.25) is 5.91 Å². The lowest BCUT2D eigenvalue weighted by atomic mass is 10.3. The van der Waals surface area contributed by atoms with Crippen molar-refractivity contribution < 1.29 is 4.79 Å². The van der Waals surface area contributed by atoms with Gasteiger partial charge in [0, 0.05) is 23.1 Å². The van der Waals surface area contributed by atoms with E-state index in [9.17, 15) is 9.59 Å². The number of carbonyl (C=O) groups is 1. The minimum atomic E-state index is -0.249. The number of nitrogen functional groups attached to an aromatic ring is 1. The number of nitrogens with two attached hydrogens (primary N) is 1. The Morgan fingerprint density at radius 2 is 1.89 bits per heavy atom. The number of nitrogens with one attached hydrogen (secondary N) is 1. The molecule has 5 heteroatoms. The summed E-state index contributed by atoms with van der Waals surface area (Å²) in [5, 5.41) is 2.72. The fourth-order valence-corrected chi connectivity index (χ4v) is 1.74. The molecule has 0 saturated carbocycles. The Labute approximate surface area is 110 Å². The third-order valence-corrected chi connectivity index (χ3v) is 2.76. The summed E-state index contributed by atoms with van der Waals surface area (Å²) in [6.07, 6.45) is 0. The Morgan fingerprint density at radius 3 is 2.53 bits per heavy atom. The number of hydrogen-bond donors (Lipinski definition) is 2. The smallest absolute Gasteiger partial charge is 0.251 e. The van der Waals surface area contributed by atoms with Crippen molar-refractivity contribution in [2.75, 3.05) is 11.1 Å². The van der Waals surface area contributed by atoms with Crippen LogP contribution < -0.4 is 16.6 Å². The van der Waals surface area contributed by atoms with E-state index in [0.717, 1.165) is 5.69 Å². The second kappa shape index (κ2) is 5.39. The Bertz CT molecular complexity index is 644. The number of aryl methyl sites for hydroxylation is 1. The average Bonchev–Trinajstić information content (AvgIpc) is 2.37. The number of benzene rings is 1. The third-order valence-electron chi connectivity index (χ3n) is 2.76. The molecule has 0 radical (unpaired) electrons. The fraction of sp³-hybridized carbons (Fsp3) is 0.143. The summed E-state index contributed by atoms with van der Waals surface area (Å²) in [6.45, 7) is 1.79. The van der Waals surface area contributed by atoms with Crippen molar-refractivity contribution in [3.8, 4) is 0 Å². The Morgan fingerprint density at radius 1 is 1.21 bits per heavy atom. The van der Waals surface area contributed by atoms with Crippen LogP contribution in [-0.2, 0) is 11.3 Å². The molecule has 1 aromatic heterocycles. The summed E-state index contributed by atoms with van der Waals surface area (Å²) in [7, 11) is 0. The Kier molecular flexibility index (Phi) is 3.66. The zero-order chi connectivity index (χ0) is 13.8. The molecule has 98 valence electrons. The summed E-state index contributed by atoms with van der Waals surface area (Å²) in [6, 6.07) is 11.7. The van der Waals surface area contributed by atoms with Crippen LogP contribution >= 0.6 is 0 Å². The van der Waals surface area contributed by atoms with Gasteiger partial charge in [0.15, 0.2) is 0 Å². The molecule has 0 spiro atoms. The molecule has 0 bridgehead atoms. The zero-order valence-corrected chi connectivity index (χ0v) is 10.6. The van der Waals surface area contributed by atoms with Crippen LogP contribution in [0.1, 0.15) is 5.69 Å². The first kappa shape index (κ1) is 12.9. The largest absolute Gasteiger partial charge is 0.399 e. The van der Waals surface area contributed by atoms with E-state index in [-0.39, 0.29) is 18.0 Å². The van der Waals surface area contributed by atoms with E-state index in [0.29, 0.717) is 11.4 Å². The first-order valence-electron chi connectivity index (χ1n) is 5.88. The molecule has 0 aliphatic carbocycles. The van der Waals surface area contributed by atoms with E-state index in [1.54, 1.807) is 43.3 Å². The molecule has 0 fully saturated rings. The molecule has 19 heavy (non-hydrogen) atoms. The second-order valence-corrected chi connectivity index (χ2v) is 4.26. The van der Waals surface area contributed by atoms with E-state index in [4.69, 9.17) is 5.73 Å². The highest BCUT2D eigenvalue weighted by atomic mass is 16.2. The highest BCUT2D eigenvalue weighted by molar-refractivity contribution is 5.90. The molecular weight excluding hydrogens is 242 g/mol. The van der Waals surface area contributed by atoms with E-state index < -0.39 is 0 Å². The topological polar surface area (TPSA) is 77.1 Å². The first-order valence-corrected chi connectivity index (χ1v) is 5.88. The highest BCUT2D eigenvalue weighted by Gasteiger charge is 2.06. The lowest BCUT2D eigenvalue weighted by Gasteiger charge is -2.10. The van der Waals surface area contributed by atoms with Crippen molar-refractivity contribution in [3.05, 3.63) is 58.5 Å². The van der Waals surface area contributed by atoms with Gasteiger partial charge in [-0.15, -0.1) is 0 Å². The van der Waals surface area contributed by atoms with Gasteiger partial charge in [-0.2, -0.15) is 0 Å². The monoisotopic (exact) mass is 257 g/mol.